The first-order valence-corrected chi connectivity index (χ1v) is 15.2. The van der Waals surface area contributed by atoms with Gasteiger partial charge in [0.2, 0.25) is 10.0 Å². The molecule has 8 nitrogen and oxygen atoms in total. The molecule has 11 heteroatoms. The second-order valence-electron chi connectivity index (χ2n) is 9.43. The summed E-state index contributed by atoms with van der Waals surface area (Å²) in [4.78, 5) is 15.9. The molecule has 0 radical (unpaired) electrons. The minimum absolute atomic E-state index is 0.151. The van der Waals surface area contributed by atoms with Crippen molar-refractivity contribution < 1.29 is 17.9 Å². The Balaban J connectivity index is 1.60. The third-order valence-electron chi connectivity index (χ3n) is 6.42. The molecule has 39 heavy (non-hydrogen) atoms. The van der Waals surface area contributed by atoms with Gasteiger partial charge in [-0.25, -0.2) is 8.42 Å². The molecule has 3 aromatic carbocycles. The van der Waals surface area contributed by atoms with E-state index in [2.05, 4.69) is 15.4 Å². The lowest BCUT2D eigenvalue weighted by atomic mass is 9.99. The molecule has 1 aliphatic rings. The highest BCUT2D eigenvalue weighted by molar-refractivity contribution is 7.92. The Morgan fingerprint density at radius 2 is 1.77 bits per heavy atom. The number of rotatable bonds is 11. The van der Waals surface area contributed by atoms with E-state index in [9.17, 15) is 13.2 Å². The van der Waals surface area contributed by atoms with Crippen molar-refractivity contribution in [3.63, 3.8) is 0 Å². The van der Waals surface area contributed by atoms with Gasteiger partial charge in [-0.05, 0) is 42.3 Å². The number of benzene rings is 3. The fourth-order valence-corrected chi connectivity index (χ4v) is 5.44. The summed E-state index contributed by atoms with van der Waals surface area (Å²) >= 11 is 12.2. The lowest BCUT2D eigenvalue weighted by molar-refractivity contribution is -0.132. The Bertz CT molecular complexity index is 1390. The van der Waals surface area contributed by atoms with E-state index in [0.29, 0.717) is 41.1 Å². The molecule has 0 spiro atoms. The van der Waals surface area contributed by atoms with Crippen molar-refractivity contribution in [2.24, 2.45) is 0 Å². The number of anilines is 2. The predicted octanol–water partition coefficient (Wildman–Crippen LogP) is 4.43. The van der Waals surface area contributed by atoms with Crippen molar-refractivity contribution in [2.45, 2.75) is 38.4 Å². The first-order valence-electron chi connectivity index (χ1n) is 12.6. The van der Waals surface area contributed by atoms with E-state index < -0.39 is 28.3 Å². The van der Waals surface area contributed by atoms with Gasteiger partial charge < -0.3 is 9.64 Å². The number of hydrogen-bond acceptors (Lipinski definition) is 7. The molecule has 3 N–H and O–H groups in total. The van der Waals surface area contributed by atoms with E-state index in [-0.39, 0.29) is 12.4 Å². The van der Waals surface area contributed by atoms with Crippen LogP contribution in [0.25, 0.3) is 0 Å². The first kappa shape index (κ1) is 29.3. The molecule has 0 aliphatic carbocycles. The molecule has 3 atom stereocenters. The van der Waals surface area contributed by atoms with Crippen LogP contribution >= 0.6 is 23.2 Å². The minimum atomic E-state index is -3.54. The summed E-state index contributed by atoms with van der Waals surface area (Å²) in [6.07, 6.45) is -0.0791. The Kier molecular flexibility index (Phi) is 9.87. The summed E-state index contributed by atoms with van der Waals surface area (Å²) in [6.45, 7) is 3.52. The van der Waals surface area contributed by atoms with Gasteiger partial charge >= 0.3 is 0 Å². The van der Waals surface area contributed by atoms with E-state index in [0.717, 1.165) is 17.4 Å². The first-order chi connectivity index (χ1) is 18.6. The van der Waals surface area contributed by atoms with Crippen LogP contribution in [0.5, 0.6) is 0 Å². The van der Waals surface area contributed by atoms with Crippen molar-refractivity contribution in [1.29, 1.82) is 0 Å². The van der Waals surface area contributed by atoms with E-state index in [1.54, 1.807) is 37.3 Å². The van der Waals surface area contributed by atoms with Gasteiger partial charge in [-0.1, -0.05) is 71.7 Å². The van der Waals surface area contributed by atoms with Crippen molar-refractivity contribution >= 4 is 50.4 Å². The third-order valence-corrected chi connectivity index (χ3v) is 7.75. The van der Waals surface area contributed by atoms with Gasteiger partial charge in [-0.2, -0.15) is 0 Å². The van der Waals surface area contributed by atoms with Gasteiger partial charge in [-0.15, -0.1) is 0 Å². The number of sulfonamides is 1. The lowest BCUT2D eigenvalue weighted by Gasteiger charge is -2.44. The number of ether oxygens (including phenoxy) is 1. The summed E-state index contributed by atoms with van der Waals surface area (Å²) in [6, 6.07) is 21.5. The van der Waals surface area contributed by atoms with Crippen molar-refractivity contribution in [3.05, 3.63) is 94.0 Å². The van der Waals surface area contributed by atoms with Crippen LogP contribution in [0.2, 0.25) is 10.0 Å². The average molecular weight is 592 g/mol. The number of hydrogen-bond donors (Lipinski definition) is 3. The van der Waals surface area contributed by atoms with Gasteiger partial charge in [0.25, 0.3) is 0 Å². The van der Waals surface area contributed by atoms with Crippen molar-refractivity contribution in [3.8, 4) is 0 Å². The molecule has 1 aliphatic heterocycles. The van der Waals surface area contributed by atoms with Gasteiger partial charge in [0.1, 0.15) is 12.1 Å². The number of carbonyl (C=O) groups excluding carboxylic acids is 1. The number of nitrogens with one attached hydrogen (secondary N) is 3. The SMILES string of the molecule is CC(OCc1ccc(Cl)c(Cl)c1)C(=O)C1C(NCc2ccccc2)NCCN1c1ccccc1NS(C)(=O)=O. The van der Waals surface area contributed by atoms with Crippen LogP contribution in [0, 0.1) is 0 Å². The zero-order valence-electron chi connectivity index (χ0n) is 21.7. The van der Waals surface area contributed by atoms with Crippen LogP contribution < -0.4 is 20.3 Å². The maximum Gasteiger partial charge on any atom is 0.229 e. The Morgan fingerprint density at radius 1 is 1.05 bits per heavy atom. The normalized spacial score (nSPS) is 18.5. The summed E-state index contributed by atoms with van der Waals surface area (Å²) in [5.41, 5.74) is 2.90. The average Bonchev–Trinajstić information content (AvgIpc) is 2.92. The van der Waals surface area contributed by atoms with E-state index in [1.165, 1.54) is 0 Å². The number of carbonyl (C=O) groups is 1. The highest BCUT2D eigenvalue weighted by atomic mass is 35.5. The maximum absolute atomic E-state index is 14.0. The monoisotopic (exact) mass is 590 g/mol. The number of para-hydroxylation sites is 2. The molecule has 1 fully saturated rings. The van der Waals surface area contributed by atoms with Gasteiger partial charge in [0, 0.05) is 19.6 Å². The highest BCUT2D eigenvalue weighted by Crippen LogP contribution is 2.31. The Morgan fingerprint density at radius 3 is 2.49 bits per heavy atom. The van der Waals surface area contributed by atoms with Crippen molar-refractivity contribution in [1.82, 2.24) is 10.6 Å². The van der Waals surface area contributed by atoms with Gasteiger partial charge in [0.05, 0.1) is 40.4 Å². The largest absolute Gasteiger partial charge is 0.366 e. The number of ketones is 1. The summed E-state index contributed by atoms with van der Waals surface area (Å²) in [5, 5.41) is 7.77. The molecule has 3 aromatic rings. The number of nitrogens with zero attached hydrogens (tertiary/aromatic N) is 1. The fraction of sp³-hybridized carbons (Fsp3) is 0.321. The summed E-state index contributed by atoms with van der Waals surface area (Å²) in [5.74, 6) is -0.151. The Hall–Kier alpha value is -2.66. The van der Waals surface area contributed by atoms with Crippen LogP contribution in [-0.4, -0.2) is 51.9 Å². The lowest BCUT2D eigenvalue weighted by Crippen LogP contribution is -2.67. The molecule has 3 unspecified atom stereocenters. The zero-order valence-corrected chi connectivity index (χ0v) is 24.1. The topological polar surface area (TPSA) is 99.8 Å². The Labute approximate surface area is 239 Å². The number of piperazine rings is 1. The maximum atomic E-state index is 14.0. The molecule has 1 heterocycles. The predicted molar refractivity (Wildman–Crippen MR) is 157 cm³/mol. The van der Waals surface area contributed by atoms with Gasteiger partial charge in [-0.3, -0.25) is 20.2 Å². The highest BCUT2D eigenvalue weighted by Gasteiger charge is 2.40. The molecular formula is C28H32Cl2N4O4S. The smallest absolute Gasteiger partial charge is 0.229 e. The molecule has 4 rings (SSSR count). The molecule has 0 saturated carbocycles. The second kappa shape index (κ2) is 13.1. The van der Waals surface area contributed by atoms with Crippen LogP contribution in [-0.2, 0) is 32.7 Å². The molecule has 0 aromatic heterocycles. The minimum Gasteiger partial charge on any atom is -0.366 e. The number of Topliss-reactive ketones (excluding diaryl/α,β-unsaturated/α-hetero) is 1. The molecule has 0 bridgehead atoms. The summed E-state index contributed by atoms with van der Waals surface area (Å²) in [7, 11) is -3.54. The zero-order chi connectivity index (χ0) is 28.0. The summed E-state index contributed by atoms with van der Waals surface area (Å²) < 4.78 is 32.8. The quantitative estimate of drug-likeness (QED) is 0.304. The molecule has 1 saturated heterocycles. The second-order valence-corrected chi connectivity index (χ2v) is 12.0. The van der Waals surface area contributed by atoms with Crippen LogP contribution in [0.1, 0.15) is 18.1 Å². The third kappa shape index (κ3) is 7.94. The fourth-order valence-electron chi connectivity index (χ4n) is 4.55. The van der Waals surface area contributed by atoms with Crippen molar-refractivity contribution in [2.75, 3.05) is 29.0 Å². The molecule has 0 amide bonds. The molecular weight excluding hydrogens is 559 g/mol. The van der Waals surface area contributed by atoms with Crippen LogP contribution in [0.15, 0.2) is 72.8 Å². The standard InChI is InChI=1S/C28H32Cl2N4O4S/c1-19(38-18-21-12-13-22(29)23(30)16-21)27(35)26-28(32-17-20-8-4-3-5-9-20)31-14-15-34(26)25-11-7-6-10-24(25)33-39(2,36)37/h3-13,16,19,26,28,31-33H,14-15,17-18H2,1-2H3. The van der Waals surface area contributed by atoms with Crippen LogP contribution in [0.3, 0.4) is 0 Å². The molecule has 208 valence electrons. The van der Waals surface area contributed by atoms with E-state index >= 15 is 0 Å². The van der Waals surface area contributed by atoms with Gasteiger partial charge in [0.15, 0.2) is 5.78 Å². The van der Waals surface area contributed by atoms with E-state index in [4.69, 9.17) is 27.9 Å². The van der Waals surface area contributed by atoms with Crippen LogP contribution in [0.4, 0.5) is 11.4 Å². The number of halogens is 2. The van der Waals surface area contributed by atoms with E-state index in [1.807, 2.05) is 47.4 Å².